The highest BCUT2D eigenvalue weighted by atomic mass is 35.5. The van der Waals surface area contributed by atoms with Gasteiger partial charge < -0.3 is 4.74 Å². The summed E-state index contributed by atoms with van der Waals surface area (Å²) in [7, 11) is 0. The van der Waals surface area contributed by atoms with Gasteiger partial charge >= 0.3 is 5.69 Å². The molecule has 1 aliphatic rings. The highest BCUT2D eigenvalue weighted by Gasteiger charge is 2.43. The molecule has 5 nitrogen and oxygen atoms in total. The maximum Gasteiger partial charge on any atom is 0.312 e. The minimum atomic E-state index is -0.568. The van der Waals surface area contributed by atoms with Gasteiger partial charge in [-0.05, 0) is 12.8 Å². The van der Waals surface area contributed by atoms with Crippen molar-refractivity contribution in [1.82, 2.24) is 0 Å². The maximum absolute atomic E-state index is 10.9. The van der Waals surface area contributed by atoms with E-state index < -0.39 is 4.92 Å². The predicted molar refractivity (Wildman–Crippen MR) is 70.5 cm³/mol. The number of nitriles is 1. The number of hydrogen-bond acceptors (Lipinski definition) is 4. The first-order valence-corrected chi connectivity index (χ1v) is 6.36. The summed E-state index contributed by atoms with van der Waals surface area (Å²) in [5.74, 6) is 0.0867. The Morgan fingerprint density at radius 2 is 2.05 bits per heavy atom. The van der Waals surface area contributed by atoms with Crippen LogP contribution in [0.3, 0.4) is 0 Å². The van der Waals surface area contributed by atoms with Crippen LogP contribution in [0.25, 0.3) is 0 Å². The molecule has 1 aliphatic carbocycles. The van der Waals surface area contributed by atoms with Crippen LogP contribution >= 0.6 is 23.2 Å². The summed E-state index contributed by atoms with van der Waals surface area (Å²) in [5.41, 5.74) is -0.378. The lowest BCUT2D eigenvalue weighted by Gasteiger charge is -2.13. The number of ether oxygens (including phenoxy) is 1. The topological polar surface area (TPSA) is 76.2 Å². The second kappa shape index (κ2) is 5.24. The molecule has 1 aromatic rings. The Hall–Kier alpha value is -1.51. The third kappa shape index (κ3) is 3.09. The molecule has 1 saturated carbocycles. The summed E-state index contributed by atoms with van der Waals surface area (Å²) >= 11 is 11.6. The zero-order valence-electron chi connectivity index (χ0n) is 9.86. The summed E-state index contributed by atoms with van der Waals surface area (Å²) in [6.07, 6.45) is 2.19. The zero-order chi connectivity index (χ0) is 14.0. The lowest BCUT2D eigenvalue weighted by molar-refractivity contribution is -0.385. The molecule has 0 aliphatic heterocycles. The highest BCUT2D eigenvalue weighted by Crippen LogP contribution is 2.49. The molecule has 7 heteroatoms. The van der Waals surface area contributed by atoms with Gasteiger partial charge in [0.15, 0.2) is 5.75 Å². The van der Waals surface area contributed by atoms with E-state index in [-0.39, 0.29) is 33.5 Å². The molecule has 1 aromatic carbocycles. The van der Waals surface area contributed by atoms with Gasteiger partial charge in [0, 0.05) is 24.0 Å². The fourth-order valence-corrected chi connectivity index (χ4v) is 2.04. The van der Waals surface area contributed by atoms with Gasteiger partial charge in [-0.1, -0.05) is 23.2 Å². The Kier molecular flexibility index (Phi) is 3.83. The van der Waals surface area contributed by atoms with Crippen molar-refractivity contribution in [2.45, 2.75) is 19.3 Å². The SMILES string of the molecule is N#CCC1(COc2cc(Cl)c(Cl)cc2[N+](=O)[O-])CC1. The lowest BCUT2D eigenvalue weighted by atomic mass is 10.1. The second-order valence-electron chi connectivity index (χ2n) is 4.61. The van der Waals surface area contributed by atoms with Gasteiger partial charge in [0.25, 0.3) is 0 Å². The average Bonchev–Trinajstić information content (AvgIpc) is 3.11. The summed E-state index contributed by atoms with van der Waals surface area (Å²) < 4.78 is 5.48. The summed E-state index contributed by atoms with van der Waals surface area (Å²) in [5, 5.41) is 19.9. The number of nitro benzene ring substituents is 1. The van der Waals surface area contributed by atoms with Crippen LogP contribution in [0.5, 0.6) is 5.75 Å². The van der Waals surface area contributed by atoms with Crippen LogP contribution in [0.2, 0.25) is 10.0 Å². The molecule has 0 saturated heterocycles. The van der Waals surface area contributed by atoms with Crippen LogP contribution in [0.15, 0.2) is 12.1 Å². The Morgan fingerprint density at radius 1 is 1.42 bits per heavy atom. The molecule has 0 bridgehead atoms. The van der Waals surface area contributed by atoms with E-state index in [1.54, 1.807) is 0 Å². The third-order valence-electron chi connectivity index (χ3n) is 3.14. The normalized spacial score (nSPS) is 15.6. The van der Waals surface area contributed by atoms with Crippen LogP contribution < -0.4 is 4.74 Å². The summed E-state index contributed by atoms with van der Waals surface area (Å²) in [6.45, 7) is 0.277. The molecule has 0 spiro atoms. The monoisotopic (exact) mass is 300 g/mol. The molecule has 0 aromatic heterocycles. The third-order valence-corrected chi connectivity index (χ3v) is 3.87. The molecule has 0 N–H and O–H groups in total. The number of nitro groups is 1. The van der Waals surface area contributed by atoms with E-state index in [0.29, 0.717) is 6.42 Å². The molecule has 0 heterocycles. The largest absolute Gasteiger partial charge is 0.486 e. The fourth-order valence-electron chi connectivity index (χ4n) is 1.72. The Bertz CT molecular complexity index is 565. The number of hydrogen-bond donors (Lipinski definition) is 0. The van der Waals surface area contributed by atoms with E-state index in [2.05, 4.69) is 6.07 Å². The van der Waals surface area contributed by atoms with Gasteiger partial charge in [-0.15, -0.1) is 0 Å². The lowest BCUT2D eigenvalue weighted by Crippen LogP contribution is -2.13. The highest BCUT2D eigenvalue weighted by molar-refractivity contribution is 6.42. The Labute approximate surface area is 119 Å². The van der Waals surface area contributed by atoms with Gasteiger partial charge in [-0.3, -0.25) is 10.1 Å². The van der Waals surface area contributed by atoms with E-state index in [1.807, 2.05) is 0 Å². The first kappa shape index (κ1) is 13.9. The molecule has 0 amide bonds. The molecule has 100 valence electrons. The minimum Gasteiger partial charge on any atom is -0.486 e. The summed E-state index contributed by atoms with van der Waals surface area (Å²) in [6, 6.07) is 4.61. The van der Waals surface area contributed by atoms with Crippen LogP contribution in [-0.2, 0) is 0 Å². The molecule has 0 atom stereocenters. The van der Waals surface area contributed by atoms with Crippen LogP contribution in [0.1, 0.15) is 19.3 Å². The molecule has 1 fully saturated rings. The van der Waals surface area contributed by atoms with Gasteiger partial charge in [-0.2, -0.15) is 5.26 Å². The quantitative estimate of drug-likeness (QED) is 0.609. The van der Waals surface area contributed by atoms with Crippen molar-refractivity contribution in [3.8, 4) is 11.8 Å². The smallest absolute Gasteiger partial charge is 0.312 e. The second-order valence-corrected chi connectivity index (χ2v) is 5.43. The number of nitrogens with zero attached hydrogens (tertiary/aromatic N) is 2. The van der Waals surface area contributed by atoms with E-state index >= 15 is 0 Å². The van der Waals surface area contributed by atoms with Crippen molar-refractivity contribution in [2.75, 3.05) is 6.61 Å². The van der Waals surface area contributed by atoms with Crippen molar-refractivity contribution in [3.63, 3.8) is 0 Å². The molecule has 2 rings (SSSR count). The molecule has 19 heavy (non-hydrogen) atoms. The maximum atomic E-state index is 10.9. The fraction of sp³-hybridized carbons (Fsp3) is 0.417. The minimum absolute atomic E-state index is 0.0867. The first-order chi connectivity index (χ1) is 8.97. The Balaban J connectivity index is 2.18. The number of benzene rings is 1. The van der Waals surface area contributed by atoms with E-state index in [1.165, 1.54) is 12.1 Å². The predicted octanol–water partition coefficient (Wildman–Crippen LogP) is 3.97. The zero-order valence-corrected chi connectivity index (χ0v) is 11.4. The molecular formula is C12H10Cl2N2O3. The standard InChI is InChI=1S/C12H10Cl2N2O3/c13-8-5-10(16(17)18)11(6-9(8)14)19-7-12(1-2-12)3-4-15/h5-6H,1-3,7H2. The van der Waals surface area contributed by atoms with Crippen LogP contribution in [-0.4, -0.2) is 11.5 Å². The van der Waals surface area contributed by atoms with E-state index in [9.17, 15) is 10.1 Å². The van der Waals surface area contributed by atoms with Gasteiger partial charge in [0.1, 0.15) is 0 Å². The summed E-state index contributed by atoms with van der Waals surface area (Å²) in [4.78, 5) is 10.4. The number of rotatable bonds is 5. The Morgan fingerprint density at radius 3 is 2.58 bits per heavy atom. The molecule has 0 unspecified atom stereocenters. The van der Waals surface area contributed by atoms with Gasteiger partial charge in [-0.25, -0.2) is 0 Å². The van der Waals surface area contributed by atoms with Crippen LogP contribution in [0.4, 0.5) is 5.69 Å². The van der Waals surface area contributed by atoms with Crippen molar-refractivity contribution in [2.24, 2.45) is 5.41 Å². The van der Waals surface area contributed by atoms with Crippen molar-refractivity contribution < 1.29 is 9.66 Å². The van der Waals surface area contributed by atoms with E-state index in [0.717, 1.165) is 12.8 Å². The number of halogens is 2. The van der Waals surface area contributed by atoms with Crippen LogP contribution in [0, 0.1) is 26.9 Å². The van der Waals surface area contributed by atoms with Crippen molar-refractivity contribution >= 4 is 28.9 Å². The van der Waals surface area contributed by atoms with Gasteiger partial charge in [0.2, 0.25) is 0 Å². The van der Waals surface area contributed by atoms with E-state index in [4.69, 9.17) is 33.2 Å². The van der Waals surface area contributed by atoms with Crippen molar-refractivity contribution in [1.29, 1.82) is 5.26 Å². The first-order valence-electron chi connectivity index (χ1n) is 5.61. The average molecular weight is 301 g/mol. The van der Waals surface area contributed by atoms with Gasteiger partial charge in [0.05, 0.1) is 27.6 Å². The molecular weight excluding hydrogens is 291 g/mol. The van der Waals surface area contributed by atoms with Crippen molar-refractivity contribution in [3.05, 3.63) is 32.3 Å². The molecule has 0 radical (unpaired) electrons.